The van der Waals surface area contributed by atoms with Crippen LogP contribution in [-0.2, 0) is 0 Å². The largest absolute Gasteiger partial charge is 0.354 e. The lowest BCUT2D eigenvalue weighted by molar-refractivity contribution is 1.32. The zero-order valence-corrected chi connectivity index (χ0v) is 9.57. The average molecular weight is 223 g/mol. The fourth-order valence-corrected chi connectivity index (χ4v) is 1.90. The van der Waals surface area contributed by atoms with E-state index in [2.05, 4.69) is 40.4 Å². The summed E-state index contributed by atoms with van der Waals surface area (Å²) in [4.78, 5) is 7.42. The summed E-state index contributed by atoms with van der Waals surface area (Å²) in [6.07, 6.45) is 3.73. The minimum atomic E-state index is 0.916. The van der Waals surface area contributed by atoms with E-state index in [0.29, 0.717) is 0 Å². The minimum absolute atomic E-state index is 0.916. The number of hydrogen-bond donors (Lipinski definition) is 2. The van der Waals surface area contributed by atoms with Crippen molar-refractivity contribution in [3.05, 3.63) is 54.4 Å². The van der Waals surface area contributed by atoms with Crippen LogP contribution in [0, 0.1) is 6.92 Å². The maximum Gasteiger partial charge on any atom is 0.137 e. The first-order valence-electron chi connectivity index (χ1n) is 5.58. The molecule has 3 heteroatoms. The van der Waals surface area contributed by atoms with Crippen LogP contribution in [0.1, 0.15) is 5.56 Å². The van der Waals surface area contributed by atoms with E-state index in [-0.39, 0.29) is 0 Å². The van der Waals surface area contributed by atoms with Crippen molar-refractivity contribution >= 4 is 22.4 Å². The molecule has 0 radical (unpaired) electrons. The molecule has 84 valence electrons. The molecule has 1 aromatic carbocycles. The third-order valence-corrected chi connectivity index (χ3v) is 2.71. The number of benzene rings is 1. The molecule has 0 bridgehead atoms. The van der Waals surface area contributed by atoms with Gasteiger partial charge >= 0.3 is 0 Å². The number of anilines is 2. The lowest BCUT2D eigenvalue weighted by Gasteiger charge is -2.06. The van der Waals surface area contributed by atoms with Crippen LogP contribution in [-0.4, -0.2) is 9.97 Å². The van der Waals surface area contributed by atoms with Gasteiger partial charge in [0.25, 0.3) is 0 Å². The molecular weight excluding hydrogens is 210 g/mol. The van der Waals surface area contributed by atoms with Gasteiger partial charge in [-0.25, -0.2) is 4.98 Å². The van der Waals surface area contributed by atoms with Crippen LogP contribution < -0.4 is 5.32 Å². The van der Waals surface area contributed by atoms with E-state index in [0.717, 1.165) is 22.4 Å². The SMILES string of the molecule is Cc1cccc(Nc2cnc3[nH]ccc3c2)c1. The first-order chi connectivity index (χ1) is 8.31. The summed E-state index contributed by atoms with van der Waals surface area (Å²) in [5.41, 5.74) is 4.25. The highest BCUT2D eigenvalue weighted by molar-refractivity contribution is 5.80. The molecule has 2 heterocycles. The number of rotatable bonds is 2. The third-order valence-electron chi connectivity index (χ3n) is 2.71. The van der Waals surface area contributed by atoms with Gasteiger partial charge in [0.05, 0.1) is 11.9 Å². The Kier molecular flexibility index (Phi) is 2.29. The summed E-state index contributed by atoms with van der Waals surface area (Å²) < 4.78 is 0. The topological polar surface area (TPSA) is 40.7 Å². The molecule has 0 unspecified atom stereocenters. The highest BCUT2D eigenvalue weighted by atomic mass is 14.9. The number of hydrogen-bond acceptors (Lipinski definition) is 2. The molecule has 2 N–H and O–H groups in total. The molecule has 0 aliphatic rings. The number of nitrogens with zero attached hydrogens (tertiary/aromatic N) is 1. The number of nitrogens with one attached hydrogen (secondary N) is 2. The van der Waals surface area contributed by atoms with E-state index in [1.807, 2.05) is 30.6 Å². The maximum atomic E-state index is 4.34. The highest BCUT2D eigenvalue weighted by Gasteiger charge is 1.99. The molecule has 3 nitrogen and oxygen atoms in total. The summed E-state index contributed by atoms with van der Waals surface area (Å²) >= 11 is 0. The minimum Gasteiger partial charge on any atom is -0.354 e. The summed E-state index contributed by atoms with van der Waals surface area (Å²) in [6.45, 7) is 2.08. The Hall–Kier alpha value is -2.29. The van der Waals surface area contributed by atoms with Crippen molar-refractivity contribution < 1.29 is 0 Å². The van der Waals surface area contributed by atoms with Crippen molar-refractivity contribution in [3.8, 4) is 0 Å². The van der Waals surface area contributed by atoms with Crippen LogP contribution in [0.2, 0.25) is 0 Å². The Morgan fingerprint density at radius 1 is 1.12 bits per heavy atom. The lowest BCUT2D eigenvalue weighted by Crippen LogP contribution is -1.91. The Morgan fingerprint density at radius 3 is 2.94 bits per heavy atom. The maximum absolute atomic E-state index is 4.34. The second kappa shape index (κ2) is 3.94. The second-order valence-electron chi connectivity index (χ2n) is 4.13. The van der Waals surface area contributed by atoms with Crippen LogP contribution in [0.5, 0.6) is 0 Å². The predicted octanol–water partition coefficient (Wildman–Crippen LogP) is 3.61. The van der Waals surface area contributed by atoms with Gasteiger partial charge in [-0.05, 0) is 36.8 Å². The highest BCUT2D eigenvalue weighted by Crippen LogP contribution is 2.20. The first-order valence-corrected chi connectivity index (χ1v) is 5.58. The van der Waals surface area contributed by atoms with Gasteiger partial charge in [-0.2, -0.15) is 0 Å². The average Bonchev–Trinajstić information content (AvgIpc) is 2.76. The molecule has 0 atom stereocenters. The number of aromatic amines is 1. The molecule has 3 rings (SSSR count). The molecule has 3 aromatic rings. The number of fused-ring (bicyclic) bond motifs is 1. The number of aryl methyl sites for hydroxylation is 1. The van der Waals surface area contributed by atoms with Gasteiger partial charge in [0.1, 0.15) is 5.65 Å². The zero-order chi connectivity index (χ0) is 11.7. The van der Waals surface area contributed by atoms with Gasteiger partial charge in [0, 0.05) is 17.3 Å². The van der Waals surface area contributed by atoms with Crippen molar-refractivity contribution in [2.24, 2.45) is 0 Å². The standard InChI is InChI=1S/C14H13N3/c1-10-3-2-4-12(7-10)17-13-8-11-5-6-15-14(11)16-9-13/h2-9,17H,1H3,(H,15,16). The fourth-order valence-electron chi connectivity index (χ4n) is 1.90. The quantitative estimate of drug-likeness (QED) is 0.696. The van der Waals surface area contributed by atoms with Crippen LogP contribution >= 0.6 is 0 Å². The Labute approximate surface area is 99.5 Å². The molecule has 0 aliphatic carbocycles. The molecule has 0 fully saturated rings. The summed E-state index contributed by atoms with van der Waals surface area (Å²) in [7, 11) is 0. The van der Waals surface area contributed by atoms with Crippen LogP contribution in [0.3, 0.4) is 0 Å². The molecule has 2 aromatic heterocycles. The fraction of sp³-hybridized carbons (Fsp3) is 0.0714. The van der Waals surface area contributed by atoms with Gasteiger partial charge in [-0.3, -0.25) is 0 Å². The van der Waals surface area contributed by atoms with Crippen molar-refractivity contribution in [2.75, 3.05) is 5.32 Å². The molecule has 17 heavy (non-hydrogen) atoms. The van der Waals surface area contributed by atoms with E-state index in [1.54, 1.807) is 0 Å². The van der Waals surface area contributed by atoms with Gasteiger partial charge < -0.3 is 10.3 Å². The molecule has 0 saturated carbocycles. The van der Waals surface area contributed by atoms with E-state index >= 15 is 0 Å². The number of aromatic nitrogens is 2. The normalized spacial score (nSPS) is 10.6. The van der Waals surface area contributed by atoms with Crippen molar-refractivity contribution in [1.82, 2.24) is 9.97 Å². The van der Waals surface area contributed by atoms with Crippen LogP contribution in [0.4, 0.5) is 11.4 Å². The Balaban J connectivity index is 1.94. The van der Waals surface area contributed by atoms with E-state index in [9.17, 15) is 0 Å². The van der Waals surface area contributed by atoms with Crippen LogP contribution in [0.25, 0.3) is 11.0 Å². The Bertz CT molecular complexity index is 655. The molecule has 0 amide bonds. The van der Waals surface area contributed by atoms with E-state index in [1.165, 1.54) is 5.56 Å². The van der Waals surface area contributed by atoms with E-state index < -0.39 is 0 Å². The van der Waals surface area contributed by atoms with E-state index in [4.69, 9.17) is 0 Å². The lowest BCUT2D eigenvalue weighted by atomic mass is 10.2. The van der Waals surface area contributed by atoms with Crippen LogP contribution in [0.15, 0.2) is 48.8 Å². The molecule has 0 aliphatic heterocycles. The predicted molar refractivity (Wildman–Crippen MR) is 70.6 cm³/mol. The van der Waals surface area contributed by atoms with Gasteiger partial charge in [-0.1, -0.05) is 12.1 Å². The first kappa shape index (κ1) is 9.90. The monoisotopic (exact) mass is 223 g/mol. The molecule has 0 spiro atoms. The van der Waals surface area contributed by atoms with Crippen molar-refractivity contribution in [1.29, 1.82) is 0 Å². The summed E-state index contributed by atoms with van der Waals surface area (Å²) in [5, 5.41) is 4.46. The van der Waals surface area contributed by atoms with Crippen molar-refractivity contribution in [2.45, 2.75) is 6.92 Å². The molecule has 0 saturated heterocycles. The summed E-state index contributed by atoms with van der Waals surface area (Å²) in [5.74, 6) is 0. The molecular formula is C14H13N3. The summed E-state index contributed by atoms with van der Waals surface area (Å²) in [6, 6.07) is 12.4. The zero-order valence-electron chi connectivity index (χ0n) is 9.57. The van der Waals surface area contributed by atoms with Crippen molar-refractivity contribution in [3.63, 3.8) is 0 Å². The van der Waals surface area contributed by atoms with Gasteiger partial charge in [-0.15, -0.1) is 0 Å². The third kappa shape index (κ3) is 1.99. The van der Waals surface area contributed by atoms with Gasteiger partial charge in [0.15, 0.2) is 0 Å². The smallest absolute Gasteiger partial charge is 0.137 e. The Morgan fingerprint density at radius 2 is 2.06 bits per heavy atom. The number of H-pyrrole nitrogens is 1. The number of pyridine rings is 1. The second-order valence-corrected chi connectivity index (χ2v) is 4.13. The van der Waals surface area contributed by atoms with Gasteiger partial charge in [0.2, 0.25) is 0 Å².